The molecule has 3 rings (SSSR count). The molecule has 0 radical (unpaired) electrons. The molecule has 0 amide bonds. The number of rotatable bonds is 10. The summed E-state index contributed by atoms with van der Waals surface area (Å²) >= 11 is 5.87. The van der Waals surface area contributed by atoms with E-state index >= 15 is 0 Å². The van der Waals surface area contributed by atoms with Crippen LogP contribution in [0, 0.1) is 10.1 Å². The van der Waals surface area contributed by atoms with Crippen molar-refractivity contribution in [3.8, 4) is 5.75 Å². The average molecular weight is 525 g/mol. The second kappa shape index (κ2) is 11.1. The molecule has 0 atom stereocenters. The summed E-state index contributed by atoms with van der Waals surface area (Å²) in [6.07, 6.45) is 0.409. The van der Waals surface area contributed by atoms with Crippen LogP contribution in [-0.2, 0) is 10.0 Å². The lowest BCUT2D eigenvalue weighted by Gasteiger charge is -2.11. The number of nitrogens with one attached hydrogen (secondary N) is 2. The normalized spacial score (nSPS) is 11.9. The van der Waals surface area contributed by atoms with Gasteiger partial charge in [0.05, 0.1) is 21.2 Å². The van der Waals surface area contributed by atoms with E-state index in [1.54, 1.807) is 19.1 Å². The summed E-state index contributed by atoms with van der Waals surface area (Å²) in [7, 11) is -4.14. The number of nitro benzene ring substituents is 1. The number of sulfonamides is 1. The standard InChI is InChI=1S/C22H19ClF2N4O5S/c1-2-19(14-6-8-17(9-7-14)34-22(24)25)26-27-20-11-10-18(13-21(20)29(30)31)35(32,33)28-16-5-3-4-15(23)12-16/h3-13,22,27-28H,2H2,1H3/b26-19+. The van der Waals surface area contributed by atoms with Gasteiger partial charge in [-0.25, -0.2) is 8.42 Å². The second-order valence-corrected chi connectivity index (χ2v) is 9.10. The molecule has 0 unspecified atom stereocenters. The summed E-state index contributed by atoms with van der Waals surface area (Å²) in [5.74, 6) is -0.0222. The number of benzene rings is 3. The van der Waals surface area contributed by atoms with Crippen LogP contribution in [0.3, 0.4) is 0 Å². The highest BCUT2D eigenvalue weighted by molar-refractivity contribution is 7.92. The number of alkyl halides is 2. The van der Waals surface area contributed by atoms with Gasteiger partial charge in [-0.3, -0.25) is 20.3 Å². The van der Waals surface area contributed by atoms with Gasteiger partial charge in [0.1, 0.15) is 11.4 Å². The Hall–Kier alpha value is -3.77. The Labute approximate surface area is 204 Å². The molecule has 3 aromatic rings. The first kappa shape index (κ1) is 25.8. The Balaban J connectivity index is 1.85. The average Bonchev–Trinajstić information content (AvgIpc) is 2.79. The van der Waals surface area contributed by atoms with E-state index in [1.807, 2.05) is 0 Å². The lowest BCUT2D eigenvalue weighted by Crippen LogP contribution is -2.13. The number of nitro groups is 1. The third-order valence-electron chi connectivity index (χ3n) is 4.61. The monoisotopic (exact) mass is 524 g/mol. The van der Waals surface area contributed by atoms with Crippen LogP contribution in [0.1, 0.15) is 18.9 Å². The van der Waals surface area contributed by atoms with Gasteiger partial charge in [0, 0.05) is 11.1 Å². The Morgan fingerprint density at radius 2 is 1.86 bits per heavy atom. The molecule has 0 heterocycles. The van der Waals surface area contributed by atoms with E-state index in [9.17, 15) is 27.3 Å². The maximum absolute atomic E-state index is 12.7. The predicted octanol–water partition coefficient (Wildman–Crippen LogP) is 5.88. The van der Waals surface area contributed by atoms with E-state index in [0.717, 1.165) is 6.07 Å². The number of hydrogen-bond donors (Lipinski definition) is 2. The fraction of sp³-hybridized carbons (Fsp3) is 0.136. The van der Waals surface area contributed by atoms with Gasteiger partial charge in [0.2, 0.25) is 0 Å². The largest absolute Gasteiger partial charge is 0.435 e. The third kappa shape index (κ3) is 6.87. The first-order valence-electron chi connectivity index (χ1n) is 10.0. The van der Waals surface area contributed by atoms with Crippen LogP contribution in [0.5, 0.6) is 5.75 Å². The van der Waals surface area contributed by atoms with Crippen LogP contribution in [0.15, 0.2) is 76.7 Å². The van der Waals surface area contributed by atoms with Crippen LogP contribution in [0.2, 0.25) is 5.02 Å². The van der Waals surface area contributed by atoms with Crippen molar-refractivity contribution in [1.82, 2.24) is 0 Å². The molecule has 0 aliphatic carbocycles. The highest BCUT2D eigenvalue weighted by Crippen LogP contribution is 2.29. The van der Waals surface area contributed by atoms with Crippen LogP contribution in [-0.4, -0.2) is 25.7 Å². The van der Waals surface area contributed by atoms with E-state index in [2.05, 4.69) is 20.0 Å². The zero-order valence-corrected chi connectivity index (χ0v) is 19.7. The molecule has 0 bridgehead atoms. The van der Waals surface area contributed by atoms with Crippen molar-refractivity contribution >= 4 is 44.4 Å². The summed E-state index contributed by atoms with van der Waals surface area (Å²) in [5, 5.41) is 16.1. The van der Waals surface area contributed by atoms with E-state index in [4.69, 9.17) is 11.6 Å². The Morgan fingerprint density at radius 1 is 1.14 bits per heavy atom. The lowest BCUT2D eigenvalue weighted by atomic mass is 10.1. The van der Waals surface area contributed by atoms with Gasteiger partial charge in [-0.1, -0.05) is 24.6 Å². The van der Waals surface area contributed by atoms with Crippen molar-refractivity contribution in [3.05, 3.63) is 87.4 Å². The van der Waals surface area contributed by atoms with Crippen molar-refractivity contribution in [1.29, 1.82) is 0 Å². The first-order valence-corrected chi connectivity index (χ1v) is 11.9. The zero-order valence-electron chi connectivity index (χ0n) is 18.1. The van der Waals surface area contributed by atoms with Crippen LogP contribution >= 0.6 is 11.6 Å². The van der Waals surface area contributed by atoms with Crippen LogP contribution in [0.25, 0.3) is 0 Å². The van der Waals surface area contributed by atoms with Crippen molar-refractivity contribution in [2.24, 2.45) is 5.10 Å². The molecule has 0 saturated heterocycles. The molecule has 0 saturated carbocycles. The molecule has 35 heavy (non-hydrogen) atoms. The topological polar surface area (TPSA) is 123 Å². The molecule has 0 fully saturated rings. The number of halogens is 3. The summed E-state index contributed by atoms with van der Waals surface area (Å²) in [4.78, 5) is 10.6. The minimum Gasteiger partial charge on any atom is -0.435 e. The number of hydrazone groups is 1. The maximum Gasteiger partial charge on any atom is 0.387 e. The van der Waals surface area contributed by atoms with Crippen molar-refractivity contribution in [2.75, 3.05) is 10.1 Å². The fourth-order valence-corrected chi connectivity index (χ4v) is 4.25. The summed E-state index contributed by atoms with van der Waals surface area (Å²) in [6.45, 7) is -1.16. The van der Waals surface area contributed by atoms with E-state index in [0.29, 0.717) is 22.7 Å². The summed E-state index contributed by atoms with van der Waals surface area (Å²) in [6, 6.07) is 15.1. The van der Waals surface area contributed by atoms with Gasteiger partial charge in [0.25, 0.3) is 15.7 Å². The van der Waals surface area contributed by atoms with Gasteiger partial charge in [0.15, 0.2) is 0 Å². The fourth-order valence-electron chi connectivity index (χ4n) is 2.99. The van der Waals surface area contributed by atoms with Crippen molar-refractivity contribution in [3.63, 3.8) is 0 Å². The van der Waals surface area contributed by atoms with E-state index < -0.39 is 27.2 Å². The summed E-state index contributed by atoms with van der Waals surface area (Å²) < 4.78 is 56.7. The molecule has 13 heteroatoms. The molecule has 9 nitrogen and oxygen atoms in total. The number of ether oxygens (including phenoxy) is 1. The first-order chi connectivity index (χ1) is 16.6. The predicted molar refractivity (Wildman–Crippen MR) is 129 cm³/mol. The van der Waals surface area contributed by atoms with Gasteiger partial charge < -0.3 is 4.74 Å². The van der Waals surface area contributed by atoms with Crippen LogP contribution in [0.4, 0.5) is 25.8 Å². The minimum absolute atomic E-state index is 0.0222. The molecule has 184 valence electrons. The Morgan fingerprint density at radius 3 is 2.46 bits per heavy atom. The number of nitrogens with zero attached hydrogens (tertiary/aromatic N) is 2. The van der Waals surface area contributed by atoms with Gasteiger partial charge in [-0.05, 0) is 66.6 Å². The third-order valence-corrected chi connectivity index (χ3v) is 6.23. The molecule has 0 aliphatic heterocycles. The maximum atomic E-state index is 12.7. The molecule has 0 aliphatic rings. The van der Waals surface area contributed by atoms with E-state index in [1.165, 1.54) is 48.5 Å². The second-order valence-electron chi connectivity index (χ2n) is 6.98. The summed E-state index contributed by atoms with van der Waals surface area (Å²) in [5.41, 5.74) is 3.28. The smallest absolute Gasteiger partial charge is 0.387 e. The molecular weight excluding hydrogens is 506 g/mol. The van der Waals surface area contributed by atoms with Crippen molar-refractivity contribution < 1.29 is 26.9 Å². The quantitative estimate of drug-likeness (QED) is 0.194. The minimum atomic E-state index is -4.14. The highest BCUT2D eigenvalue weighted by atomic mass is 35.5. The molecular formula is C22H19ClF2N4O5S. The van der Waals surface area contributed by atoms with Gasteiger partial charge in [-0.2, -0.15) is 13.9 Å². The molecule has 2 N–H and O–H groups in total. The SMILES string of the molecule is CC/C(=N\Nc1ccc(S(=O)(=O)Nc2cccc(Cl)c2)cc1[N+](=O)[O-])c1ccc(OC(F)F)cc1. The van der Waals surface area contributed by atoms with Gasteiger partial charge in [-0.15, -0.1) is 0 Å². The highest BCUT2D eigenvalue weighted by Gasteiger charge is 2.22. The van der Waals surface area contributed by atoms with Crippen molar-refractivity contribution in [2.45, 2.75) is 24.9 Å². The van der Waals surface area contributed by atoms with Gasteiger partial charge >= 0.3 is 6.61 Å². The molecule has 3 aromatic carbocycles. The molecule has 0 spiro atoms. The van der Waals surface area contributed by atoms with Crippen LogP contribution < -0.4 is 14.9 Å². The Bertz CT molecular complexity index is 1350. The molecule has 0 aromatic heterocycles. The lowest BCUT2D eigenvalue weighted by molar-refractivity contribution is -0.384. The Kier molecular flexibility index (Phi) is 8.20. The number of hydrogen-bond acceptors (Lipinski definition) is 7. The van der Waals surface area contributed by atoms with E-state index in [-0.39, 0.29) is 22.0 Å². The zero-order chi connectivity index (χ0) is 25.6. The number of anilines is 2.